The van der Waals surface area contributed by atoms with Crippen molar-refractivity contribution < 1.29 is 39.8 Å². The van der Waals surface area contributed by atoms with Crippen LogP contribution >= 0.6 is 0 Å². The van der Waals surface area contributed by atoms with E-state index in [1.54, 1.807) is 0 Å². The van der Waals surface area contributed by atoms with Crippen LogP contribution in [-0.2, 0) is 19.4 Å². The van der Waals surface area contributed by atoms with Gasteiger partial charge in [-0.3, -0.25) is 19.4 Å². The van der Waals surface area contributed by atoms with E-state index in [4.69, 9.17) is 30.1 Å². The molecule has 0 bridgehead atoms. The van der Waals surface area contributed by atoms with Gasteiger partial charge >= 0.3 is 0 Å². The van der Waals surface area contributed by atoms with Crippen LogP contribution in [0, 0.1) is 0 Å². The molecule has 0 aromatic rings. The molecule has 0 unspecified atom stereocenters. The van der Waals surface area contributed by atoms with E-state index in [0.717, 1.165) is 0 Å². The molecule has 0 aliphatic heterocycles. The standard InChI is InChI=1S/C8H19NO4.C4H11NO4/c1-8(2,3)9(12-6-4-10)13-7-5-11;6-1-3-8-5-9-4-2-7/h10-11H,4-7H2,1-3H3;5-7H,1-4H2. The Bertz CT molecular complexity index is 202. The molecule has 10 heteroatoms. The van der Waals surface area contributed by atoms with Gasteiger partial charge in [0.25, 0.3) is 0 Å². The minimum Gasteiger partial charge on any atom is -0.394 e. The molecule has 22 heavy (non-hydrogen) atoms. The highest BCUT2D eigenvalue weighted by Crippen LogP contribution is 2.13. The minimum atomic E-state index is -0.315. The Hall–Kier alpha value is -0.400. The summed E-state index contributed by atoms with van der Waals surface area (Å²) in [7, 11) is 0. The summed E-state index contributed by atoms with van der Waals surface area (Å²) in [6, 6.07) is 0. The molecule has 5 N–H and O–H groups in total. The Morgan fingerprint density at radius 3 is 1.36 bits per heavy atom. The summed E-state index contributed by atoms with van der Waals surface area (Å²) in [5.74, 6) is 0. The van der Waals surface area contributed by atoms with E-state index in [1.165, 1.54) is 5.23 Å². The second-order valence-electron chi connectivity index (χ2n) is 4.77. The predicted molar refractivity (Wildman–Crippen MR) is 76.9 cm³/mol. The minimum absolute atomic E-state index is 0.0600. The van der Waals surface area contributed by atoms with Crippen LogP contribution in [0.3, 0.4) is 0 Å². The van der Waals surface area contributed by atoms with Crippen molar-refractivity contribution in [2.24, 2.45) is 0 Å². The van der Waals surface area contributed by atoms with Gasteiger partial charge in [-0.1, -0.05) is 10.9 Å². The van der Waals surface area contributed by atoms with Gasteiger partial charge in [0.2, 0.25) is 0 Å². The molecule has 10 nitrogen and oxygen atoms in total. The lowest BCUT2D eigenvalue weighted by molar-refractivity contribution is -0.407. The fraction of sp³-hybridized carbons (Fsp3) is 1.00. The van der Waals surface area contributed by atoms with Crippen molar-refractivity contribution in [3.63, 3.8) is 0 Å². The molecule has 0 radical (unpaired) electrons. The summed E-state index contributed by atoms with van der Waals surface area (Å²) in [5, 5.41) is 34.7. The van der Waals surface area contributed by atoms with Crippen LogP contribution in [0.4, 0.5) is 0 Å². The molecule has 0 aliphatic carbocycles. The number of aliphatic hydroxyl groups is 4. The highest BCUT2D eigenvalue weighted by Gasteiger charge is 2.23. The molecule has 0 saturated heterocycles. The Morgan fingerprint density at radius 2 is 1.09 bits per heavy atom. The third-order valence-corrected chi connectivity index (χ3v) is 1.65. The van der Waals surface area contributed by atoms with E-state index in [1.807, 2.05) is 20.8 Å². The molecule has 0 atom stereocenters. The van der Waals surface area contributed by atoms with Crippen LogP contribution in [0.1, 0.15) is 20.8 Å². The predicted octanol–water partition coefficient (Wildman–Crippen LogP) is -1.64. The maximum absolute atomic E-state index is 8.55. The number of hydroxylamine groups is 2. The van der Waals surface area contributed by atoms with Crippen molar-refractivity contribution in [1.82, 2.24) is 10.9 Å². The zero-order valence-electron chi connectivity index (χ0n) is 13.5. The van der Waals surface area contributed by atoms with Crippen LogP contribution in [0.25, 0.3) is 0 Å². The van der Waals surface area contributed by atoms with Gasteiger partial charge in [0.05, 0.1) is 58.4 Å². The normalized spacial score (nSPS) is 11.5. The van der Waals surface area contributed by atoms with Crippen LogP contribution in [-0.4, -0.2) is 84.0 Å². The van der Waals surface area contributed by atoms with Crippen molar-refractivity contribution in [2.75, 3.05) is 52.9 Å². The average molecular weight is 330 g/mol. The summed E-state index contributed by atoms with van der Waals surface area (Å²) in [6.45, 7) is 6.18. The molecule has 0 fully saturated rings. The summed E-state index contributed by atoms with van der Waals surface area (Å²) in [4.78, 5) is 19.1. The van der Waals surface area contributed by atoms with Gasteiger partial charge < -0.3 is 20.4 Å². The van der Waals surface area contributed by atoms with Gasteiger partial charge in [0.1, 0.15) is 0 Å². The molecule has 0 amide bonds. The second kappa shape index (κ2) is 17.0. The number of hydrogen-bond donors (Lipinski definition) is 5. The third kappa shape index (κ3) is 17.7. The molecule has 136 valence electrons. The van der Waals surface area contributed by atoms with Gasteiger partial charge in [-0.2, -0.15) is 0 Å². The monoisotopic (exact) mass is 330 g/mol. The first kappa shape index (κ1) is 23.9. The SMILES string of the molecule is CC(C)(C)N(OCCO)OCCO.OCCONOCCO. The molecular weight excluding hydrogens is 300 g/mol. The van der Waals surface area contributed by atoms with Crippen LogP contribution in [0.15, 0.2) is 0 Å². The maximum Gasteiger partial charge on any atom is 0.0943 e. The van der Waals surface area contributed by atoms with E-state index in [0.29, 0.717) is 0 Å². The topological polar surface area (TPSA) is 133 Å². The molecular formula is C12H30N2O8. The molecule has 0 aromatic carbocycles. The van der Waals surface area contributed by atoms with E-state index < -0.39 is 0 Å². The first-order valence-corrected chi connectivity index (χ1v) is 6.92. The summed E-state index contributed by atoms with van der Waals surface area (Å²) in [5.41, 5.74) is 1.75. The van der Waals surface area contributed by atoms with Crippen LogP contribution < -0.4 is 5.64 Å². The zero-order chi connectivity index (χ0) is 17.3. The fourth-order valence-electron chi connectivity index (χ4n) is 0.888. The van der Waals surface area contributed by atoms with Gasteiger partial charge in [-0.15, -0.1) is 0 Å². The molecule has 0 rings (SSSR count). The largest absolute Gasteiger partial charge is 0.394 e. The number of aliphatic hydroxyl groups excluding tert-OH is 4. The van der Waals surface area contributed by atoms with Gasteiger partial charge in [-0.25, -0.2) is 0 Å². The van der Waals surface area contributed by atoms with E-state index in [9.17, 15) is 0 Å². The number of nitrogens with zero attached hydrogens (tertiary/aromatic N) is 1. The van der Waals surface area contributed by atoms with Crippen molar-refractivity contribution in [1.29, 1.82) is 0 Å². The number of hydrogen-bond acceptors (Lipinski definition) is 10. The highest BCUT2D eigenvalue weighted by molar-refractivity contribution is 4.63. The Kier molecular flexibility index (Phi) is 18.4. The van der Waals surface area contributed by atoms with Gasteiger partial charge in [0, 0.05) is 0 Å². The number of nitrogens with one attached hydrogen (secondary N) is 1. The smallest absolute Gasteiger partial charge is 0.0943 e. The van der Waals surface area contributed by atoms with Crippen molar-refractivity contribution in [3.05, 3.63) is 0 Å². The molecule has 0 aliphatic rings. The number of rotatable bonds is 12. The Labute approximate surface area is 131 Å². The Morgan fingerprint density at radius 1 is 0.727 bits per heavy atom. The Balaban J connectivity index is 0. The molecule has 0 saturated carbocycles. The molecule has 0 aromatic heterocycles. The summed E-state index contributed by atoms with van der Waals surface area (Å²) in [6.07, 6.45) is 0. The van der Waals surface area contributed by atoms with Gasteiger partial charge in [0.15, 0.2) is 0 Å². The van der Waals surface area contributed by atoms with E-state index in [2.05, 4.69) is 15.3 Å². The molecule has 0 spiro atoms. The van der Waals surface area contributed by atoms with Gasteiger partial charge in [-0.05, 0) is 20.8 Å². The second-order valence-corrected chi connectivity index (χ2v) is 4.77. The first-order chi connectivity index (χ1) is 10.4. The zero-order valence-corrected chi connectivity index (χ0v) is 13.5. The summed E-state index contributed by atoms with van der Waals surface area (Å²) < 4.78 is 0. The molecule has 0 heterocycles. The quantitative estimate of drug-likeness (QED) is 0.209. The van der Waals surface area contributed by atoms with E-state index >= 15 is 0 Å². The van der Waals surface area contributed by atoms with Crippen LogP contribution in [0.2, 0.25) is 0 Å². The lowest BCUT2D eigenvalue weighted by Gasteiger charge is -2.32. The van der Waals surface area contributed by atoms with Crippen molar-refractivity contribution in [2.45, 2.75) is 26.3 Å². The highest BCUT2D eigenvalue weighted by atomic mass is 17.0. The first-order valence-electron chi connectivity index (χ1n) is 6.92. The summed E-state index contributed by atoms with van der Waals surface area (Å²) >= 11 is 0. The lowest BCUT2D eigenvalue weighted by atomic mass is 10.1. The van der Waals surface area contributed by atoms with Crippen LogP contribution in [0.5, 0.6) is 0 Å². The fourth-order valence-corrected chi connectivity index (χ4v) is 0.888. The lowest BCUT2D eigenvalue weighted by Crippen LogP contribution is -2.42. The van der Waals surface area contributed by atoms with Crippen molar-refractivity contribution in [3.8, 4) is 0 Å². The van der Waals surface area contributed by atoms with E-state index in [-0.39, 0.29) is 58.4 Å². The van der Waals surface area contributed by atoms with Crippen molar-refractivity contribution >= 4 is 0 Å². The average Bonchev–Trinajstić information content (AvgIpc) is 2.47. The third-order valence-electron chi connectivity index (χ3n) is 1.65. The maximum atomic E-state index is 8.55.